The van der Waals surface area contributed by atoms with E-state index in [4.69, 9.17) is 4.98 Å². The Kier molecular flexibility index (Phi) is 5.87. The summed E-state index contributed by atoms with van der Waals surface area (Å²) in [6.45, 7) is 12.0. The normalized spacial score (nSPS) is 19.8. The Labute approximate surface area is 127 Å². The molecule has 1 aliphatic rings. The SMILES string of the molecule is CCNCc1cccc(CN2CCSC(C)(C)CC2)n1. The molecule has 20 heavy (non-hydrogen) atoms. The number of thioether (sulfide) groups is 1. The fraction of sp³-hybridized carbons (Fsp3) is 0.688. The Morgan fingerprint density at radius 1 is 1.30 bits per heavy atom. The Morgan fingerprint density at radius 3 is 2.90 bits per heavy atom. The second kappa shape index (κ2) is 7.43. The van der Waals surface area contributed by atoms with Gasteiger partial charge in [0, 0.05) is 30.1 Å². The average molecular weight is 293 g/mol. The standard InChI is InChI=1S/C16H27N3S/c1-4-17-12-14-6-5-7-15(18-14)13-19-9-8-16(2,3)20-11-10-19/h5-7,17H,4,8-13H2,1-3H3. The van der Waals surface area contributed by atoms with Gasteiger partial charge in [0.15, 0.2) is 0 Å². The van der Waals surface area contributed by atoms with Crippen LogP contribution in [0.3, 0.4) is 0 Å². The molecule has 0 atom stereocenters. The lowest BCUT2D eigenvalue weighted by molar-refractivity contribution is 0.273. The number of nitrogens with zero attached hydrogens (tertiary/aromatic N) is 2. The van der Waals surface area contributed by atoms with Crippen molar-refractivity contribution in [1.29, 1.82) is 0 Å². The van der Waals surface area contributed by atoms with Gasteiger partial charge in [0.2, 0.25) is 0 Å². The van der Waals surface area contributed by atoms with Crippen molar-refractivity contribution < 1.29 is 0 Å². The van der Waals surface area contributed by atoms with E-state index in [1.165, 1.54) is 31.0 Å². The van der Waals surface area contributed by atoms with Gasteiger partial charge in [-0.1, -0.05) is 26.8 Å². The van der Waals surface area contributed by atoms with Gasteiger partial charge in [0.1, 0.15) is 0 Å². The van der Waals surface area contributed by atoms with E-state index in [9.17, 15) is 0 Å². The molecule has 1 aromatic heterocycles. The van der Waals surface area contributed by atoms with Crippen molar-refractivity contribution in [1.82, 2.24) is 15.2 Å². The molecule has 0 aliphatic carbocycles. The van der Waals surface area contributed by atoms with Crippen molar-refractivity contribution in [3.8, 4) is 0 Å². The van der Waals surface area contributed by atoms with Gasteiger partial charge < -0.3 is 5.32 Å². The van der Waals surface area contributed by atoms with Gasteiger partial charge in [-0.25, -0.2) is 0 Å². The van der Waals surface area contributed by atoms with Crippen LogP contribution in [0, 0.1) is 0 Å². The van der Waals surface area contributed by atoms with E-state index in [1.807, 2.05) is 0 Å². The van der Waals surface area contributed by atoms with Gasteiger partial charge in [0.05, 0.1) is 11.4 Å². The van der Waals surface area contributed by atoms with E-state index >= 15 is 0 Å². The van der Waals surface area contributed by atoms with Crippen molar-refractivity contribution in [2.45, 2.75) is 45.0 Å². The van der Waals surface area contributed by atoms with Crippen molar-refractivity contribution >= 4 is 11.8 Å². The molecule has 2 heterocycles. The van der Waals surface area contributed by atoms with Crippen LogP contribution in [0.15, 0.2) is 18.2 Å². The first kappa shape index (κ1) is 15.8. The lowest BCUT2D eigenvalue weighted by Gasteiger charge is -2.22. The van der Waals surface area contributed by atoms with E-state index < -0.39 is 0 Å². The summed E-state index contributed by atoms with van der Waals surface area (Å²) in [6, 6.07) is 6.39. The topological polar surface area (TPSA) is 28.2 Å². The molecule has 1 saturated heterocycles. The zero-order valence-electron chi connectivity index (χ0n) is 13.0. The number of hydrogen-bond acceptors (Lipinski definition) is 4. The molecule has 0 bridgehead atoms. The predicted octanol–water partition coefficient (Wildman–Crippen LogP) is 2.91. The summed E-state index contributed by atoms with van der Waals surface area (Å²) in [5.41, 5.74) is 2.35. The van der Waals surface area contributed by atoms with E-state index in [-0.39, 0.29) is 0 Å². The summed E-state index contributed by atoms with van der Waals surface area (Å²) in [5, 5.41) is 3.34. The van der Waals surface area contributed by atoms with Crippen molar-refractivity contribution in [3.05, 3.63) is 29.6 Å². The number of aromatic nitrogens is 1. The molecule has 0 radical (unpaired) electrons. The highest BCUT2D eigenvalue weighted by Crippen LogP contribution is 2.30. The number of hydrogen-bond donors (Lipinski definition) is 1. The molecular weight excluding hydrogens is 266 g/mol. The minimum Gasteiger partial charge on any atom is -0.311 e. The van der Waals surface area contributed by atoms with Crippen LogP contribution in [-0.2, 0) is 13.1 Å². The van der Waals surface area contributed by atoms with E-state index in [1.54, 1.807) is 0 Å². The van der Waals surface area contributed by atoms with E-state index in [0.717, 1.165) is 25.3 Å². The maximum absolute atomic E-state index is 4.76. The molecule has 1 fully saturated rings. The molecule has 2 rings (SSSR count). The van der Waals surface area contributed by atoms with Gasteiger partial charge in [0.25, 0.3) is 0 Å². The Balaban J connectivity index is 1.92. The third-order valence-corrected chi connectivity index (χ3v) is 5.11. The highest BCUT2D eigenvalue weighted by molar-refractivity contribution is 8.00. The van der Waals surface area contributed by atoms with Crippen LogP contribution in [0.4, 0.5) is 0 Å². The van der Waals surface area contributed by atoms with Crippen LogP contribution in [0.2, 0.25) is 0 Å². The first-order valence-corrected chi connectivity index (χ1v) is 8.59. The molecule has 0 saturated carbocycles. The van der Waals surface area contributed by atoms with Crippen molar-refractivity contribution in [2.24, 2.45) is 0 Å². The van der Waals surface area contributed by atoms with Gasteiger partial charge in [-0.05, 0) is 31.6 Å². The predicted molar refractivity (Wildman–Crippen MR) is 88.0 cm³/mol. The lowest BCUT2D eigenvalue weighted by atomic mass is 10.1. The summed E-state index contributed by atoms with van der Waals surface area (Å²) >= 11 is 2.10. The maximum Gasteiger partial charge on any atom is 0.0547 e. The van der Waals surface area contributed by atoms with Crippen molar-refractivity contribution in [2.75, 3.05) is 25.4 Å². The molecule has 1 aliphatic heterocycles. The van der Waals surface area contributed by atoms with Crippen LogP contribution in [0.5, 0.6) is 0 Å². The minimum atomic E-state index is 0.426. The summed E-state index contributed by atoms with van der Waals surface area (Å²) < 4.78 is 0.426. The van der Waals surface area contributed by atoms with E-state index in [2.05, 4.69) is 60.9 Å². The summed E-state index contributed by atoms with van der Waals surface area (Å²) in [5.74, 6) is 1.23. The second-order valence-corrected chi connectivity index (χ2v) is 7.84. The zero-order chi connectivity index (χ0) is 14.4. The zero-order valence-corrected chi connectivity index (χ0v) is 13.8. The fourth-order valence-electron chi connectivity index (χ4n) is 2.42. The summed E-state index contributed by atoms with van der Waals surface area (Å²) in [6.07, 6.45) is 1.26. The van der Waals surface area contributed by atoms with Crippen LogP contribution in [0.1, 0.15) is 38.6 Å². The van der Waals surface area contributed by atoms with Crippen molar-refractivity contribution in [3.63, 3.8) is 0 Å². The van der Waals surface area contributed by atoms with E-state index in [0.29, 0.717) is 4.75 Å². The Bertz CT molecular complexity index is 420. The molecule has 1 aromatic rings. The van der Waals surface area contributed by atoms with Crippen LogP contribution in [0.25, 0.3) is 0 Å². The molecule has 0 spiro atoms. The van der Waals surface area contributed by atoms with Crippen LogP contribution in [-0.4, -0.2) is 40.0 Å². The van der Waals surface area contributed by atoms with Gasteiger partial charge >= 0.3 is 0 Å². The van der Waals surface area contributed by atoms with Gasteiger partial charge in [-0.15, -0.1) is 0 Å². The number of pyridine rings is 1. The molecular formula is C16H27N3S. The smallest absolute Gasteiger partial charge is 0.0547 e. The van der Waals surface area contributed by atoms with Crippen LogP contribution < -0.4 is 5.32 Å². The minimum absolute atomic E-state index is 0.426. The molecule has 0 unspecified atom stereocenters. The first-order chi connectivity index (χ1) is 9.59. The van der Waals surface area contributed by atoms with Gasteiger partial charge in [-0.2, -0.15) is 11.8 Å². The molecule has 1 N–H and O–H groups in total. The Hall–Kier alpha value is -0.580. The highest BCUT2D eigenvalue weighted by Gasteiger charge is 2.23. The van der Waals surface area contributed by atoms with Crippen LogP contribution >= 0.6 is 11.8 Å². The molecule has 4 heteroatoms. The average Bonchev–Trinajstić information content (AvgIpc) is 2.58. The number of rotatable bonds is 5. The summed E-state index contributed by atoms with van der Waals surface area (Å²) in [4.78, 5) is 7.30. The fourth-order valence-corrected chi connectivity index (χ4v) is 3.56. The quantitative estimate of drug-likeness (QED) is 0.903. The first-order valence-electron chi connectivity index (χ1n) is 7.61. The third kappa shape index (κ3) is 5.08. The molecule has 0 amide bonds. The second-order valence-electron chi connectivity index (χ2n) is 6.03. The highest BCUT2D eigenvalue weighted by atomic mass is 32.2. The summed E-state index contributed by atoms with van der Waals surface area (Å²) in [7, 11) is 0. The largest absolute Gasteiger partial charge is 0.311 e. The Morgan fingerprint density at radius 2 is 2.10 bits per heavy atom. The maximum atomic E-state index is 4.76. The molecule has 0 aromatic carbocycles. The monoisotopic (exact) mass is 293 g/mol. The number of nitrogens with one attached hydrogen (secondary N) is 1. The lowest BCUT2D eigenvalue weighted by Crippen LogP contribution is -2.27. The van der Waals surface area contributed by atoms with Gasteiger partial charge in [-0.3, -0.25) is 9.88 Å². The molecule has 112 valence electrons. The molecule has 3 nitrogen and oxygen atoms in total. The third-order valence-electron chi connectivity index (χ3n) is 3.74.